The van der Waals surface area contributed by atoms with Crippen molar-refractivity contribution in [2.45, 2.75) is 37.6 Å². The van der Waals surface area contributed by atoms with Crippen LogP contribution >= 0.6 is 23.2 Å². The number of carbonyl (C=O) groups excluding carboxylic acids is 1. The number of nitrogen functional groups attached to an aromatic ring is 1. The Balaban J connectivity index is 1.81. The lowest BCUT2D eigenvalue weighted by Gasteiger charge is -2.40. The average Bonchev–Trinajstić information content (AvgIpc) is 3.09. The summed E-state index contributed by atoms with van der Waals surface area (Å²) in [5.41, 5.74) is 4.30. The Kier molecular flexibility index (Phi) is 7.81. The Hall–Kier alpha value is -4.14. The van der Waals surface area contributed by atoms with Crippen molar-refractivity contribution in [2.24, 2.45) is 0 Å². The molecule has 6 rings (SSSR count). The molecule has 16 heteroatoms. The Morgan fingerprint density at radius 3 is 2.57 bits per heavy atom. The van der Waals surface area contributed by atoms with Gasteiger partial charge in [0.1, 0.15) is 16.4 Å². The number of fused-ring (bicyclic) bond motifs is 2. The molecule has 1 unspecified atom stereocenters. The predicted octanol–water partition coefficient (Wildman–Crippen LogP) is 4.43. The second-order valence-corrected chi connectivity index (χ2v) is 14.2. The van der Waals surface area contributed by atoms with E-state index in [2.05, 4.69) is 21.5 Å². The van der Waals surface area contributed by atoms with Gasteiger partial charge in [0.2, 0.25) is 5.91 Å². The molecule has 0 bridgehead atoms. The zero-order chi connectivity index (χ0) is 33.4. The summed E-state index contributed by atoms with van der Waals surface area (Å²) in [6, 6.07) is 1.76. The summed E-state index contributed by atoms with van der Waals surface area (Å²) in [5, 5.41) is -1.01. The Labute approximate surface area is 272 Å². The second kappa shape index (κ2) is 11.3. The van der Waals surface area contributed by atoms with E-state index >= 15 is 8.78 Å². The van der Waals surface area contributed by atoms with Crippen molar-refractivity contribution < 1.29 is 22.0 Å². The summed E-state index contributed by atoms with van der Waals surface area (Å²) in [7, 11) is -4.59. The summed E-state index contributed by atoms with van der Waals surface area (Å²) in [6.45, 7) is 9.07. The quantitative estimate of drug-likeness (QED) is 0.187. The number of rotatable bonds is 4. The number of aryl methyl sites for hydroxylation is 1. The summed E-state index contributed by atoms with van der Waals surface area (Å²) in [4.78, 5) is 42.0. The number of amides is 1. The number of piperazine rings is 1. The predicted molar refractivity (Wildman–Crippen MR) is 172 cm³/mol. The molecule has 1 fully saturated rings. The highest BCUT2D eigenvalue weighted by atomic mass is 35.5. The number of hydrogen-bond acceptors (Lipinski definition) is 9. The van der Waals surface area contributed by atoms with Crippen LogP contribution in [0.15, 0.2) is 40.7 Å². The molecule has 2 aliphatic rings. The van der Waals surface area contributed by atoms with Gasteiger partial charge in [0.25, 0.3) is 0 Å². The number of halogens is 4. The van der Waals surface area contributed by atoms with Gasteiger partial charge >= 0.3 is 5.69 Å². The smallest absolute Gasteiger partial charge is 0.355 e. The van der Waals surface area contributed by atoms with Crippen LogP contribution in [0.25, 0.3) is 28.0 Å². The zero-order valence-corrected chi connectivity index (χ0v) is 27.1. The third kappa shape index (κ3) is 4.81. The van der Waals surface area contributed by atoms with Gasteiger partial charge in [-0.15, -0.1) is 0 Å². The summed E-state index contributed by atoms with van der Waals surface area (Å²) in [5.74, 6) is -4.05. The summed E-state index contributed by atoms with van der Waals surface area (Å²) < 4.78 is 62.1. The molecule has 1 saturated heterocycles. The molecule has 1 aromatic carbocycles. The Morgan fingerprint density at radius 1 is 1.17 bits per heavy atom. The topological polar surface area (TPSA) is 144 Å². The first kappa shape index (κ1) is 31.8. The second-order valence-electron chi connectivity index (χ2n) is 11.4. The van der Waals surface area contributed by atoms with E-state index in [1.165, 1.54) is 4.90 Å². The lowest BCUT2D eigenvalue weighted by atomic mass is 10.0. The van der Waals surface area contributed by atoms with Gasteiger partial charge in [0.15, 0.2) is 27.1 Å². The first-order chi connectivity index (χ1) is 21.7. The van der Waals surface area contributed by atoms with Crippen molar-refractivity contribution in [3.63, 3.8) is 0 Å². The number of anilines is 2. The van der Waals surface area contributed by atoms with E-state index in [-0.39, 0.29) is 53.1 Å². The normalized spacial score (nSPS) is 17.3. The number of benzene rings is 1. The molecule has 240 valence electrons. The maximum atomic E-state index is 16.9. The molecular weight excluding hydrogens is 663 g/mol. The van der Waals surface area contributed by atoms with Crippen LogP contribution in [-0.4, -0.2) is 70.2 Å². The van der Waals surface area contributed by atoms with E-state index in [9.17, 15) is 18.0 Å². The minimum absolute atomic E-state index is 0.0722. The molecule has 2 aliphatic heterocycles. The van der Waals surface area contributed by atoms with Crippen LogP contribution < -0.4 is 16.3 Å². The van der Waals surface area contributed by atoms with Crippen molar-refractivity contribution >= 4 is 61.5 Å². The van der Waals surface area contributed by atoms with Gasteiger partial charge in [-0.3, -0.25) is 9.78 Å². The standard InChI is InChI=1S/C30H27Cl2F2N7O4S/c1-5-18(42)39-8-9-40-15(11-39)12-46(44,45)27-20-28(40)38-30(43)41(26-14(4)6-7-36-24(26)13(2)3)29(20)37-25(22(27)34)19-21(33)16(31)10-17(32)23(19)35/h5-7,10,13,15H,1,8-9,11-12,35H2,2-4H3. The number of nitrogens with zero attached hydrogens (tertiary/aromatic N) is 6. The Morgan fingerprint density at radius 2 is 1.89 bits per heavy atom. The van der Waals surface area contributed by atoms with Crippen molar-refractivity contribution in [3.05, 3.63) is 74.4 Å². The highest BCUT2D eigenvalue weighted by Gasteiger charge is 2.43. The molecule has 0 spiro atoms. The first-order valence-electron chi connectivity index (χ1n) is 14.1. The number of aromatic nitrogens is 4. The van der Waals surface area contributed by atoms with E-state index < -0.39 is 71.7 Å². The fraction of sp³-hybridized carbons (Fsp3) is 0.300. The van der Waals surface area contributed by atoms with Crippen LogP contribution in [-0.2, 0) is 14.6 Å². The van der Waals surface area contributed by atoms with Gasteiger partial charge in [0.05, 0.1) is 49.9 Å². The third-order valence-corrected chi connectivity index (χ3v) is 10.7. The third-order valence-electron chi connectivity index (χ3n) is 8.24. The van der Waals surface area contributed by atoms with Crippen LogP contribution in [0.1, 0.15) is 31.0 Å². The lowest BCUT2D eigenvalue weighted by Crippen LogP contribution is -2.57. The molecule has 0 saturated carbocycles. The zero-order valence-electron chi connectivity index (χ0n) is 24.8. The van der Waals surface area contributed by atoms with Crippen LogP contribution in [0.4, 0.5) is 20.3 Å². The van der Waals surface area contributed by atoms with Crippen LogP contribution in [0.3, 0.4) is 0 Å². The highest BCUT2D eigenvalue weighted by molar-refractivity contribution is 7.91. The molecular formula is C30H27Cl2F2N7O4S. The summed E-state index contributed by atoms with van der Waals surface area (Å²) in [6.07, 6.45) is 2.67. The van der Waals surface area contributed by atoms with E-state index in [0.717, 1.165) is 16.7 Å². The van der Waals surface area contributed by atoms with Gasteiger partial charge in [-0.2, -0.15) is 4.98 Å². The molecule has 3 aromatic heterocycles. The molecule has 5 heterocycles. The van der Waals surface area contributed by atoms with E-state index in [1.54, 1.807) is 24.1 Å². The fourth-order valence-electron chi connectivity index (χ4n) is 6.12. The molecule has 1 amide bonds. The van der Waals surface area contributed by atoms with E-state index in [1.807, 2.05) is 13.8 Å². The average molecular weight is 691 g/mol. The maximum absolute atomic E-state index is 16.9. The number of sulfone groups is 1. The molecule has 0 aliphatic carbocycles. The molecule has 0 radical (unpaired) electrons. The Bertz CT molecular complexity index is 2150. The number of pyridine rings is 2. The SMILES string of the molecule is C=CC(=O)N1CCN2c3nc(=O)n(-c4c(C)ccnc4C(C)C)c4nc(-c5c(N)c(Cl)cc(Cl)c5F)c(F)c(c34)S(=O)(=O)CC2C1. The van der Waals surface area contributed by atoms with Gasteiger partial charge in [-0.25, -0.2) is 31.5 Å². The van der Waals surface area contributed by atoms with Gasteiger partial charge < -0.3 is 15.5 Å². The van der Waals surface area contributed by atoms with E-state index in [0.29, 0.717) is 11.3 Å². The van der Waals surface area contributed by atoms with Crippen molar-refractivity contribution in [1.82, 2.24) is 24.4 Å². The molecule has 1 atom stereocenters. The van der Waals surface area contributed by atoms with Gasteiger partial charge in [0, 0.05) is 25.8 Å². The maximum Gasteiger partial charge on any atom is 0.355 e. The number of carbonyl (C=O) groups is 1. The van der Waals surface area contributed by atoms with Crippen molar-refractivity contribution in [3.8, 4) is 16.9 Å². The van der Waals surface area contributed by atoms with Gasteiger partial charge in [-0.1, -0.05) is 43.6 Å². The van der Waals surface area contributed by atoms with Crippen LogP contribution in [0, 0.1) is 18.6 Å². The molecule has 11 nitrogen and oxygen atoms in total. The molecule has 2 N–H and O–H groups in total. The number of hydrogen-bond donors (Lipinski definition) is 1. The molecule has 46 heavy (non-hydrogen) atoms. The lowest BCUT2D eigenvalue weighted by molar-refractivity contribution is -0.126. The van der Waals surface area contributed by atoms with Gasteiger partial charge in [-0.05, 0) is 36.6 Å². The van der Waals surface area contributed by atoms with Crippen molar-refractivity contribution in [2.75, 3.05) is 36.0 Å². The van der Waals surface area contributed by atoms with Crippen LogP contribution in [0.5, 0.6) is 0 Å². The first-order valence-corrected chi connectivity index (χ1v) is 16.5. The van der Waals surface area contributed by atoms with E-state index in [4.69, 9.17) is 28.9 Å². The molecule has 4 aromatic rings. The highest BCUT2D eigenvalue weighted by Crippen LogP contribution is 2.44. The van der Waals surface area contributed by atoms with Crippen LogP contribution in [0.2, 0.25) is 10.0 Å². The minimum Gasteiger partial charge on any atom is -0.397 e. The fourth-order valence-corrected chi connectivity index (χ4v) is 8.40. The largest absolute Gasteiger partial charge is 0.397 e. The summed E-state index contributed by atoms with van der Waals surface area (Å²) >= 11 is 12.3. The monoisotopic (exact) mass is 689 g/mol. The number of nitrogens with two attached hydrogens (primary N) is 1. The minimum atomic E-state index is -4.59. The van der Waals surface area contributed by atoms with Crippen molar-refractivity contribution in [1.29, 1.82) is 0 Å².